The van der Waals surface area contributed by atoms with E-state index in [1.54, 1.807) is 0 Å². The highest BCUT2D eigenvalue weighted by molar-refractivity contribution is 8.18. The number of hydrogen-bond donors (Lipinski definition) is 0. The molecule has 6 heteroatoms. The van der Waals surface area contributed by atoms with Crippen LogP contribution in [0.3, 0.4) is 0 Å². The summed E-state index contributed by atoms with van der Waals surface area (Å²) in [7, 11) is 0. The molecule has 1 aromatic heterocycles. The number of piperazine rings is 1. The second kappa shape index (κ2) is 8.42. The average Bonchev–Trinajstić information content (AvgIpc) is 3.15. The number of amides is 1. The van der Waals surface area contributed by atoms with Gasteiger partial charge < -0.3 is 4.90 Å². The Kier molecular flexibility index (Phi) is 5.34. The first kappa shape index (κ1) is 19.0. The molecule has 5 nitrogen and oxygen atoms in total. The molecule has 1 saturated heterocycles. The first-order valence-corrected chi connectivity index (χ1v) is 10.9. The lowest BCUT2D eigenvalue weighted by Crippen LogP contribution is -2.47. The van der Waals surface area contributed by atoms with E-state index in [0.29, 0.717) is 4.91 Å². The highest BCUT2D eigenvalue weighted by Gasteiger charge is 2.28. The molecule has 0 spiro atoms. The molecule has 2 aliphatic heterocycles. The number of hydrogen-bond acceptors (Lipinski definition) is 5. The molecule has 1 amide bonds. The highest BCUT2D eigenvalue weighted by Crippen LogP contribution is 2.31. The smallest absolute Gasteiger partial charge is 0.286 e. The van der Waals surface area contributed by atoms with Gasteiger partial charge in [-0.15, -0.1) is 0 Å². The number of carbonyl (C=O) groups is 1. The molecule has 0 saturated carbocycles. The fourth-order valence-corrected chi connectivity index (χ4v) is 4.76. The van der Waals surface area contributed by atoms with Gasteiger partial charge in [0, 0.05) is 44.3 Å². The molecule has 0 aliphatic carbocycles. The van der Waals surface area contributed by atoms with Gasteiger partial charge in [0.15, 0.2) is 5.17 Å². The lowest BCUT2D eigenvalue weighted by atomic mass is 10.1. The van der Waals surface area contributed by atoms with Crippen LogP contribution in [0.1, 0.15) is 11.1 Å². The quantitative estimate of drug-likeness (QED) is 0.606. The van der Waals surface area contributed by atoms with E-state index in [-0.39, 0.29) is 5.91 Å². The molecule has 30 heavy (non-hydrogen) atoms. The number of pyridine rings is 1. The van der Waals surface area contributed by atoms with Crippen molar-refractivity contribution in [2.75, 3.05) is 26.2 Å². The second-order valence-corrected chi connectivity index (χ2v) is 8.53. The zero-order valence-electron chi connectivity index (χ0n) is 16.6. The maximum Gasteiger partial charge on any atom is 0.286 e. The number of amidine groups is 1. The van der Waals surface area contributed by atoms with Crippen molar-refractivity contribution in [3.63, 3.8) is 0 Å². The summed E-state index contributed by atoms with van der Waals surface area (Å²) in [5.74, 6) is -0.158. The third kappa shape index (κ3) is 4.15. The molecule has 5 rings (SSSR count). The number of fused-ring (bicyclic) bond motifs is 1. The number of nitrogens with zero attached hydrogens (tertiary/aromatic N) is 4. The third-order valence-corrected chi connectivity index (χ3v) is 6.45. The number of benzene rings is 2. The van der Waals surface area contributed by atoms with Crippen molar-refractivity contribution in [1.82, 2.24) is 14.8 Å². The maximum absolute atomic E-state index is 12.5. The molecule has 150 valence electrons. The fraction of sp³-hybridized carbons (Fsp3) is 0.208. The van der Waals surface area contributed by atoms with Crippen molar-refractivity contribution >= 4 is 39.8 Å². The van der Waals surface area contributed by atoms with Crippen LogP contribution in [0.5, 0.6) is 0 Å². The molecule has 0 atom stereocenters. The van der Waals surface area contributed by atoms with Crippen LogP contribution in [-0.4, -0.2) is 52.0 Å². The summed E-state index contributed by atoms with van der Waals surface area (Å²) in [6.07, 6.45) is 3.71. The average molecular weight is 415 g/mol. The minimum Gasteiger partial charge on any atom is -0.348 e. The van der Waals surface area contributed by atoms with Gasteiger partial charge in [-0.1, -0.05) is 48.5 Å². The lowest BCUT2D eigenvalue weighted by Gasteiger charge is -2.35. The summed E-state index contributed by atoms with van der Waals surface area (Å²) >= 11 is 1.47. The standard InChI is InChI=1S/C24H22N4OS/c29-23-22(15-19-14-20-8-4-5-9-21(20)25-16-19)30-24(26-23)28-12-10-27(11-13-28)17-18-6-2-1-3-7-18/h1-9,14-16H,10-13,17H2. The number of aromatic nitrogens is 1. The SMILES string of the molecule is O=C1N=C(N2CCN(Cc3ccccc3)CC2)SC1=Cc1cnc2ccccc2c1. The van der Waals surface area contributed by atoms with E-state index in [1.165, 1.54) is 17.3 Å². The van der Waals surface area contributed by atoms with Crippen molar-refractivity contribution in [1.29, 1.82) is 0 Å². The third-order valence-electron chi connectivity index (χ3n) is 5.41. The minimum absolute atomic E-state index is 0.158. The van der Waals surface area contributed by atoms with Crippen molar-refractivity contribution in [3.8, 4) is 0 Å². The number of rotatable bonds is 3. The predicted octanol–water partition coefficient (Wildman–Crippen LogP) is 4.02. The van der Waals surface area contributed by atoms with Gasteiger partial charge in [-0.05, 0) is 41.1 Å². The molecule has 0 unspecified atom stereocenters. The Bertz CT molecular complexity index is 1130. The largest absolute Gasteiger partial charge is 0.348 e. The van der Waals surface area contributed by atoms with Crippen molar-refractivity contribution in [2.24, 2.45) is 4.99 Å². The van der Waals surface area contributed by atoms with Crippen LogP contribution >= 0.6 is 11.8 Å². The Hall–Kier alpha value is -2.96. The molecular formula is C24H22N4OS. The van der Waals surface area contributed by atoms with Crippen LogP contribution in [0, 0.1) is 0 Å². The zero-order chi connectivity index (χ0) is 20.3. The van der Waals surface area contributed by atoms with Gasteiger partial charge in [-0.3, -0.25) is 14.7 Å². The molecule has 1 fully saturated rings. The van der Waals surface area contributed by atoms with E-state index in [1.807, 2.05) is 42.6 Å². The second-order valence-electron chi connectivity index (χ2n) is 7.52. The van der Waals surface area contributed by atoms with Crippen LogP contribution in [0.2, 0.25) is 0 Å². The van der Waals surface area contributed by atoms with Gasteiger partial charge in [-0.2, -0.15) is 4.99 Å². The van der Waals surface area contributed by atoms with Gasteiger partial charge in [0.05, 0.1) is 10.4 Å². The first-order valence-electron chi connectivity index (χ1n) is 10.1. The van der Waals surface area contributed by atoms with Gasteiger partial charge in [0.2, 0.25) is 0 Å². The Labute approximate surface area is 180 Å². The molecule has 0 N–H and O–H groups in total. The van der Waals surface area contributed by atoms with Crippen LogP contribution < -0.4 is 0 Å². The Morgan fingerprint density at radius 2 is 1.73 bits per heavy atom. The molecule has 0 bridgehead atoms. The van der Waals surface area contributed by atoms with E-state index in [9.17, 15) is 4.79 Å². The van der Waals surface area contributed by atoms with Crippen molar-refractivity contribution in [3.05, 3.63) is 82.9 Å². The molecule has 3 heterocycles. The zero-order valence-corrected chi connectivity index (χ0v) is 17.4. The number of carbonyl (C=O) groups excluding carboxylic acids is 1. The monoisotopic (exact) mass is 414 g/mol. The van der Waals surface area contributed by atoms with E-state index < -0.39 is 0 Å². The first-order chi connectivity index (χ1) is 14.7. The maximum atomic E-state index is 12.5. The summed E-state index contributed by atoms with van der Waals surface area (Å²) in [6, 6.07) is 20.6. The van der Waals surface area contributed by atoms with Crippen LogP contribution in [-0.2, 0) is 11.3 Å². The normalized spacial score (nSPS) is 18.9. The van der Waals surface area contributed by atoms with Gasteiger partial charge in [0.1, 0.15) is 0 Å². The summed E-state index contributed by atoms with van der Waals surface area (Å²) < 4.78 is 0. The van der Waals surface area contributed by atoms with E-state index >= 15 is 0 Å². The van der Waals surface area contributed by atoms with Gasteiger partial charge in [-0.25, -0.2) is 0 Å². The Balaban J connectivity index is 1.22. The van der Waals surface area contributed by atoms with Gasteiger partial charge in [0.25, 0.3) is 5.91 Å². The topological polar surface area (TPSA) is 48.8 Å². The summed E-state index contributed by atoms with van der Waals surface area (Å²) in [4.78, 5) is 26.6. The van der Waals surface area contributed by atoms with Crippen molar-refractivity contribution < 1.29 is 4.79 Å². The van der Waals surface area contributed by atoms with Crippen LogP contribution in [0.15, 0.2) is 76.8 Å². The highest BCUT2D eigenvalue weighted by atomic mass is 32.2. The fourth-order valence-electron chi connectivity index (χ4n) is 3.79. The Morgan fingerprint density at radius 3 is 2.57 bits per heavy atom. The molecule has 2 aromatic carbocycles. The molecule has 2 aliphatic rings. The predicted molar refractivity (Wildman–Crippen MR) is 123 cm³/mol. The van der Waals surface area contributed by atoms with E-state index in [2.05, 4.69) is 50.1 Å². The number of aliphatic imine (C=N–C) groups is 1. The molecule has 0 radical (unpaired) electrons. The van der Waals surface area contributed by atoms with E-state index in [4.69, 9.17) is 0 Å². The summed E-state index contributed by atoms with van der Waals surface area (Å²) in [5, 5.41) is 1.89. The molecular weight excluding hydrogens is 392 g/mol. The van der Waals surface area contributed by atoms with Crippen molar-refractivity contribution in [2.45, 2.75) is 6.54 Å². The van der Waals surface area contributed by atoms with Gasteiger partial charge >= 0.3 is 0 Å². The van der Waals surface area contributed by atoms with E-state index in [0.717, 1.165) is 54.4 Å². The summed E-state index contributed by atoms with van der Waals surface area (Å²) in [6.45, 7) is 4.67. The summed E-state index contributed by atoms with van der Waals surface area (Å²) in [5.41, 5.74) is 3.21. The number of thioether (sulfide) groups is 1. The minimum atomic E-state index is -0.158. The molecule has 3 aromatic rings. The van der Waals surface area contributed by atoms with Crippen LogP contribution in [0.4, 0.5) is 0 Å². The Morgan fingerprint density at radius 1 is 0.967 bits per heavy atom. The lowest BCUT2D eigenvalue weighted by molar-refractivity contribution is -0.113. The number of para-hydroxylation sites is 1. The van der Waals surface area contributed by atoms with Crippen LogP contribution in [0.25, 0.3) is 17.0 Å².